The predicted octanol–water partition coefficient (Wildman–Crippen LogP) is 2.91. The molecule has 21 heavy (non-hydrogen) atoms. The molecule has 1 aliphatic carbocycles. The summed E-state index contributed by atoms with van der Waals surface area (Å²) in [6.07, 6.45) is 5.82. The van der Waals surface area contributed by atoms with Crippen molar-refractivity contribution in [3.05, 3.63) is 36.9 Å². The zero-order valence-corrected chi connectivity index (χ0v) is 11.7. The molecule has 0 radical (unpaired) electrons. The SMILES string of the molecule is COc1ccccc1Nc1ncnc2c1ncn2C1CC1. The standard InChI is InChI=1S/C15H15N5O/c1-21-12-5-3-2-4-11(12)19-14-13-15(17-8-16-14)20(9-18-13)10-6-7-10/h2-5,8-10H,6-7H2,1H3,(H,16,17,19). The number of methoxy groups -OCH3 is 1. The number of imidazole rings is 1. The molecule has 0 unspecified atom stereocenters. The van der Waals surface area contributed by atoms with Gasteiger partial charge in [0, 0.05) is 6.04 Å². The molecular weight excluding hydrogens is 266 g/mol. The third-order valence-electron chi connectivity index (χ3n) is 3.66. The Bertz CT molecular complexity index is 794. The van der Waals surface area contributed by atoms with Crippen LogP contribution in [0.15, 0.2) is 36.9 Å². The highest BCUT2D eigenvalue weighted by Gasteiger charge is 2.26. The van der Waals surface area contributed by atoms with Gasteiger partial charge in [-0.25, -0.2) is 15.0 Å². The number of rotatable bonds is 4. The van der Waals surface area contributed by atoms with E-state index in [9.17, 15) is 0 Å². The molecule has 0 atom stereocenters. The van der Waals surface area contributed by atoms with Crippen LogP contribution >= 0.6 is 0 Å². The summed E-state index contributed by atoms with van der Waals surface area (Å²) >= 11 is 0. The van der Waals surface area contributed by atoms with Crippen LogP contribution in [0, 0.1) is 0 Å². The molecule has 1 saturated carbocycles. The molecule has 0 aliphatic heterocycles. The summed E-state index contributed by atoms with van der Waals surface area (Å²) in [7, 11) is 1.65. The number of para-hydroxylation sites is 2. The van der Waals surface area contributed by atoms with Crippen molar-refractivity contribution in [1.29, 1.82) is 0 Å². The molecule has 6 nitrogen and oxygen atoms in total. The first-order valence-electron chi connectivity index (χ1n) is 6.94. The Kier molecular flexibility index (Phi) is 2.73. The molecule has 1 aromatic carbocycles. The lowest BCUT2D eigenvalue weighted by atomic mass is 10.3. The molecular formula is C15H15N5O. The first-order valence-corrected chi connectivity index (χ1v) is 6.94. The number of aromatic nitrogens is 4. The second kappa shape index (κ2) is 4.73. The van der Waals surface area contributed by atoms with Crippen LogP contribution in [-0.4, -0.2) is 26.6 Å². The third-order valence-corrected chi connectivity index (χ3v) is 3.66. The molecule has 1 N–H and O–H groups in total. The van der Waals surface area contributed by atoms with Crippen LogP contribution in [0.25, 0.3) is 11.2 Å². The molecule has 0 amide bonds. The molecule has 1 fully saturated rings. The van der Waals surface area contributed by atoms with E-state index in [1.165, 1.54) is 12.8 Å². The highest BCUT2D eigenvalue weighted by Crippen LogP contribution is 2.37. The number of nitrogens with zero attached hydrogens (tertiary/aromatic N) is 4. The third kappa shape index (κ3) is 2.08. The largest absolute Gasteiger partial charge is 0.495 e. The van der Waals surface area contributed by atoms with Crippen LogP contribution in [0.4, 0.5) is 11.5 Å². The Labute approximate surface area is 121 Å². The van der Waals surface area contributed by atoms with E-state index in [0.717, 1.165) is 22.6 Å². The average molecular weight is 281 g/mol. The van der Waals surface area contributed by atoms with E-state index in [4.69, 9.17) is 4.74 Å². The molecule has 0 saturated heterocycles. The quantitative estimate of drug-likeness (QED) is 0.796. The van der Waals surface area contributed by atoms with E-state index in [0.29, 0.717) is 11.9 Å². The number of nitrogens with one attached hydrogen (secondary N) is 1. The molecule has 106 valence electrons. The van der Waals surface area contributed by atoms with Crippen molar-refractivity contribution in [2.75, 3.05) is 12.4 Å². The minimum Gasteiger partial charge on any atom is -0.495 e. The maximum Gasteiger partial charge on any atom is 0.165 e. The van der Waals surface area contributed by atoms with Crippen molar-refractivity contribution in [3.8, 4) is 5.75 Å². The van der Waals surface area contributed by atoms with Crippen molar-refractivity contribution in [2.45, 2.75) is 18.9 Å². The van der Waals surface area contributed by atoms with Gasteiger partial charge in [0.25, 0.3) is 0 Å². The number of hydrogen-bond acceptors (Lipinski definition) is 5. The Morgan fingerprint density at radius 2 is 2.05 bits per heavy atom. The lowest BCUT2D eigenvalue weighted by Crippen LogP contribution is -1.99. The van der Waals surface area contributed by atoms with Gasteiger partial charge in [0.05, 0.1) is 19.1 Å². The fraction of sp³-hybridized carbons (Fsp3) is 0.267. The number of benzene rings is 1. The van der Waals surface area contributed by atoms with Gasteiger partial charge in [-0.3, -0.25) is 0 Å². The Morgan fingerprint density at radius 1 is 1.19 bits per heavy atom. The molecule has 1 aliphatic rings. The predicted molar refractivity (Wildman–Crippen MR) is 79.9 cm³/mol. The molecule has 4 rings (SSSR count). The van der Waals surface area contributed by atoms with Gasteiger partial charge in [-0.05, 0) is 25.0 Å². The van der Waals surface area contributed by atoms with E-state index < -0.39 is 0 Å². The smallest absolute Gasteiger partial charge is 0.165 e. The summed E-state index contributed by atoms with van der Waals surface area (Å²) in [5.74, 6) is 1.47. The molecule has 0 spiro atoms. The van der Waals surface area contributed by atoms with E-state index in [1.54, 1.807) is 13.4 Å². The fourth-order valence-corrected chi connectivity index (χ4v) is 2.44. The Balaban J connectivity index is 1.76. The van der Waals surface area contributed by atoms with Crippen molar-refractivity contribution in [2.24, 2.45) is 0 Å². The van der Waals surface area contributed by atoms with Crippen LogP contribution in [0.3, 0.4) is 0 Å². The van der Waals surface area contributed by atoms with E-state index in [1.807, 2.05) is 30.6 Å². The summed E-state index contributed by atoms with van der Waals surface area (Å²) in [6, 6.07) is 8.28. The maximum absolute atomic E-state index is 5.35. The fourth-order valence-electron chi connectivity index (χ4n) is 2.44. The highest BCUT2D eigenvalue weighted by molar-refractivity contribution is 5.86. The van der Waals surface area contributed by atoms with Crippen molar-refractivity contribution in [1.82, 2.24) is 19.5 Å². The molecule has 0 bridgehead atoms. The zero-order valence-electron chi connectivity index (χ0n) is 11.7. The van der Waals surface area contributed by atoms with Crippen LogP contribution in [0.2, 0.25) is 0 Å². The summed E-state index contributed by atoms with van der Waals surface area (Å²) in [5.41, 5.74) is 2.53. The molecule has 2 heterocycles. The van der Waals surface area contributed by atoms with Crippen LogP contribution in [0.5, 0.6) is 5.75 Å². The lowest BCUT2D eigenvalue weighted by Gasteiger charge is -2.10. The first-order chi connectivity index (χ1) is 10.4. The minimum absolute atomic E-state index is 0.545. The summed E-state index contributed by atoms with van der Waals surface area (Å²) in [5, 5.41) is 3.29. The molecule has 6 heteroatoms. The van der Waals surface area contributed by atoms with Gasteiger partial charge in [0.15, 0.2) is 17.0 Å². The minimum atomic E-state index is 0.545. The highest BCUT2D eigenvalue weighted by atomic mass is 16.5. The normalized spacial score (nSPS) is 14.3. The van der Waals surface area contributed by atoms with Crippen LogP contribution < -0.4 is 10.1 Å². The molecule has 2 aromatic heterocycles. The summed E-state index contributed by atoms with van der Waals surface area (Å²) in [6.45, 7) is 0. The zero-order chi connectivity index (χ0) is 14.2. The summed E-state index contributed by atoms with van der Waals surface area (Å²) in [4.78, 5) is 13.1. The Hall–Kier alpha value is -2.63. The second-order valence-corrected chi connectivity index (χ2v) is 5.10. The van der Waals surface area contributed by atoms with Crippen molar-refractivity contribution >= 4 is 22.7 Å². The van der Waals surface area contributed by atoms with E-state index in [2.05, 4.69) is 24.8 Å². The van der Waals surface area contributed by atoms with Gasteiger partial charge < -0.3 is 14.6 Å². The average Bonchev–Trinajstić information content (AvgIpc) is 3.27. The van der Waals surface area contributed by atoms with Gasteiger partial charge in [-0.2, -0.15) is 0 Å². The summed E-state index contributed by atoms with van der Waals surface area (Å²) < 4.78 is 7.48. The van der Waals surface area contributed by atoms with E-state index >= 15 is 0 Å². The monoisotopic (exact) mass is 281 g/mol. The molecule has 3 aromatic rings. The first kappa shape index (κ1) is 12.1. The van der Waals surface area contributed by atoms with Crippen LogP contribution in [0.1, 0.15) is 18.9 Å². The van der Waals surface area contributed by atoms with Gasteiger partial charge in [-0.15, -0.1) is 0 Å². The number of anilines is 2. The van der Waals surface area contributed by atoms with Crippen molar-refractivity contribution in [3.63, 3.8) is 0 Å². The topological polar surface area (TPSA) is 64.9 Å². The van der Waals surface area contributed by atoms with Crippen LogP contribution in [-0.2, 0) is 0 Å². The lowest BCUT2D eigenvalue weighted by molar-refractivity contribution is 0.417. The Morgan fingerprint density at radius 3 is 2.86 bits per heavy atom. The maximum atomic E-state index is 5.35. The van der Waals surface area contributed by atoms with Gasteiger partial charge in [-0.1, -0.05) is 12.1 Å². The number of hydrogen-bond donors (Lipinski definition) is 1. The van der Waals surface area contributed by atoms with Gasteiger partial charge >= 0.3 is 0 Å². The number of fused-ring (bicyclic) bond motifs is 1. The van der Waals surface area contributed by atoms with Gasteiger partial charge in [0.1, 0.15) is 12.1 Å². The van der Waals surface area contributed by atoms with Crippen molar-refractivity contribution < 1.29 is 4.74 Å². The second-order valence-electron chi connectivity index (χ2n) is 5.10. The van der Waals surface area contributed by atoms with Gasteiger partial charge in [0.2, 0.25) is 0 Å². The number of ether oxygens (including phenoxy) is 1. The van der Waals surface area contributed by atoms with E-state index in [-0.39, 0.29) is 0 Å².